The molecule has 2 heterocycles. The molecule has 1 aliphatic rings. The van der Waals surface area contributed by atoms with Gasteiger partial charge in [-0.3, -0.25) is 9.69 Å². The van der Waals surface area contributed by atoms with Gasteiger partial charge in [-0.1, -0.05) is 41.9 Å². The number of hydrogen-bond acceptors (Lipinski definition) is 4. The standard InChI is InChI=1S/C25H25ClN4OS/c26-19-7-5-17(6-8-19)14-30(12-11-18-13-27-22-4-2-1-3-21(18)22)15-24-29-23(16-32-24)25(31)28-20-9-10-20/h1-8,13,16,20,27H,9-12,14-15H2,(H,28,31). The molecule has 1 amide bonds. The molecule has 4 aromatic rings. The van der Waals surface area contributed by atoms with E-state index in [1.807, 2.05) is 17.5 Å². The zero-order valence-electron chi connectivity index (χ0n) is 17.7. The van der Waals surface area contributed by atoms with E-state index < -0.39 is 0 Å². The summed E-state index contributed by atoms with van der Waals surface area (Å²) in [5, 5.41) is 7.86. The lowest BCUT2D eigenvalue weighted by molar-refractivity contribution is 0.0946. The lowest BCUT2D eigenvalue weighted by atomic mass is 10.1. The third-order valence-electron chi connectivity index (χ3n) is 5.75. The van der Waals surface area contributed by atoms with Crippen LogP contribution in [0, 0.1) is 0 Å². The van der Waals surface area contributed by atoms with E-state index in [1.165, 1.54) is 16.5 Å². The minimum Gasteiger partial charge on any atom is -0.361 e. The molecule has 32 heavy (non-hydrogen) atoms. The molecule has 1 aliphatic carbocycles. The smallest absolute Gasteiger partial charge is 0.270 e. The van der Waals surface area contributed by atoms with Gasteiger partial charge >= 0.3 is 0 Å². The second-order valence-corrected chi connectivity index (χ2v) is 9.70. The number of H-pyrrole nitrogens is 1. The van der Waals surface area contributed by atoms with Gasteiger partial charge in [0.1, 0.15) is 10.7 Å². The third-order valence-corrected chi connectivity index (χ3v) is 6.83. The van der Waals surface area contributed by atoms with Gasteiger partial charge in [0.05, 0.1) is 6.54 Å². The predicted octanol–water partition coefficient (Wildman–Crippen LogP) is 5.41. The number of thiazole rings is 1. The van der Waals surface area contributed by atoms with Crippen LogP contribution in [0.25, 0.3) is 10.9 Å². The van der Waals surface area contributed by atoms with E-state index in [-0.39, 0.29) is 5.91 Å². The number of carbonyl (C=O) groups excluding carboxylic acids is 1. The van der Waals surface area contributed by atoms with E-state index in [4.69, 9.17) is 11.6 Å². The fraction of sp³-hybridized carbons (Fsp3) is 0.280. The van der Waals surface area contributed by atoms with E-state index in [1.54, 1.807) is 11.3 Å². The summed E-state index contributed by atoms with van der Waals surface area (Å²) in [5.74, 6) is -0.0574. The summed E-state index contributed by atoms with van der Waals surface area (Å²) in [7, 11) is 0. The number of rotatable bonds is 9. The number of carbonyl (C=O) groups is 1. The summed E-state index contributed by atoms with van der Waals surface area (Å²) in [4.78, 5) is 22.7. The van der Waals surface area contributed by atoms with Gasteiger partial charge in [-0.25, -0.2) is 4.98 Å². The molecule has 0 spiro atoms. The Hall–Kier alpha value is -2.67. The molecule has 0 unspecified atom stereocenters. The highest BCUT2D eigenvalue weighted by Gasteiger charge is 2.25. The number of nitrogens with one attached hydrogen (secondary N) is 2. The number of fused-ring (bicyclic) bond motifs is 1. The van der Waals surface area contributed by atoms with Gasteiger partial charge in [0, 0.05) is 46.6 Å². The molecule has 1 fully saturated rings. The molecule has 1 saturated carbocycles. The Morgan fingerprint density at radius 1 is 1.16 bits per heavy atom. The van der Waals surface area contributed by atoms with Crippen molar-refractivity contribution < 1.29 is 4.79 Å². The van der Waals surface area contributed by atoms with Crippen molar-refractivity contribution in [3.63, 3.8) is 0 Å². The van der Waals surface area contributed by atoms with Crippen LogP contribution in [-0.2, 0) is 19.5 Å². The van der Waals surface area contributed by atoms with E-state index in [9.17, 15) is 4.79 Å². The van der Waals surface area contributed by atoms with Crippen molar-refractivity contribution in [1.82, 2.24) is 20.2 Å². The third kappa shape index (κ3) is 5.21. The molecule has 7 heteroatoms. The maximum atomic E-state index is 12.3. The van der Waals surface area contributed by atoms with Crippen LogP contribution in [-0.4, -0.2) is 33.4 Å². The van der Waals surface area contributed by atoms with E-state index in [2.05, 4.69) is 62.8 Å². The number of amides is 1. The maximum Gasteiger partial charge on any atom is 0.270 e. The Bertz CT molecular complexity index is 1210. The number of nitrogens with zero attached hydrogens (tertiary/aromatic N) is 2. The Morgan fingerprint density at radius 3 is 2.78 bits per heavy atom. The fourth-order valence-corrected chi connectivity index (χ4v) is 4.79. The number of aromatic nitrogens is 2. The minimum atomic E-state index is -0.0574. The Morgan fingerprint density at radius 2 is 1.97 bits per heavy atom. The van der Waals surface area contributed by atoms with Crippen LogP contribution in [0.4, 0.5) is 0 Å². The largest absolute Gasteiger partial charge is 0.361 e. The van der Waals surface area contributed by atoms with Gasteiger partial charge in [-0.15, -0.1) is 11.3 Å². The van der Waals surface area contributed by atoms with Gasteiger partial charge in [0.15, 0.2) is 0 Å². The van der Waals surface area contributed by atoms with Crippen LogP contribution in [0.15, 0.2) is 60.1 Å². The quantitative estimate of drug-likeness (QED) is 0.348. The average molecular weight is 465 g/mol. The highest BCUT2D eigenvalue weighted by molar-refractivity contribution is 7.09. The summed E-state index contributed by atoms with van der Waals surface area (Å²) in [6, 6.07) is 16.7. The van der Waals surface area contributed by atoms with Gasteiger partial charge in [-0.2, -0.15) is 0 Å². The topological polar surface area (TPSA) is 61.0 Å². The SMILES string of the molecule is O=C(NC1CC1)c1csc(CN(CCc2c[nH]c3ccccc23)Cc2ccc(Cl)cc2)n1. The predicted molar refractivity (Wildman–Crippen MR) is 130 cm³/mol. The summed E-state index contributed by atoms with van der Waals surface area (Å²) in [6.45, 7) is 2.38. The van der Waals surface area contributed by atoms with Gasteiger partial charge in [0.25, 0.3) is 5.91 Å². The second-order valence-electron chi connectivity index (χ2n) is 8.32. The molecule has 0 radical (unpaired) electrons. The van der Waals surface area contributed by atoms with Crippen molar-refractivity contribution in [2.45, 2.75) is 38.4 Å². The van der Waals surface area contributed by atoms with Crippen molar-refractivity contribution in [2.24, 2.45) is 0 Å². The number of hydrogen-bond donors (Lipinski definition) is 2. The summed E-state index contributed by atoms with van der Waals surface area (Å²) >= 11 is 7.62. The molecule has 0 saturated heterocycles. The van der Waals surface area contributed by atoms with Crippen LogP contribution in [0.5, 0.6) is 0 Å². The molecule has 2 aromatic heterocycles. The second kappa shape index (κ2) is 9.45. The van der Waals surface area contributed by atoms with Crippen LogP contribution >= 0.6 is 22.9 Å². The average Bonchev–Trinajstić information content (AvgIpc) is 3.32. The highest BCUT2D eigenvalue weighted by Crippen LogP contribution is 2.22. The van der Waals surface area contributed by atoms with Crippen molar-refractivity contribution in [3.8, 4) is 0 Å². The van der Waals surface area contributed by atoms with Crippen LogP contribution in [0.2, 0.25) is 5.02 Å². The van der Waals surface area contributed by atoms with Gasteiger partial charge in [-0.05, 0) is 48.6 Å². The Labute approximate surface area is 196 Å². The van der Waals surface area contributed by atoms with E-state index in [0.29, 0.717) is 18.3 Å². The molecule has 164 valence electrons. The zero-order chi connectivity index (χ0) is 21.9. The number of aromatic amines is 1. The first-order valence-electron chi connectivity index (χ1n) is 10.9. The first-order valence-corrected chi connectivity index (χ1v) is 12.2. The van der Waals surface area contributed by atoms with Crippen molar-refractivity contribution in [3.05, 3.63) is 87.0 Å². The molecule has 0 aliphatic heterocycles. The molecular weight excluding hydrogens is 440 g/mol. The first kappa shape index (κ1) is 21.2. The molecule has 0 bridgehead atoms. The number of para-hydroxylation sites is 1. The summed E-state index contributed by atoms with van der Waals surface area (Å²) in [5.41, 5.74) is 4.21. The van der Waals surface area contributed by atoms with Crippen LogP contribution in [0.3, 0.4) is 0 Å². The Balaban J connectivity index is 1.30. The molecule has 2 N–H and O–H groups in total. The van der Waals surface area contributed by atoms with Crippen LogP contribution < -0.4 is 5.32 Å². The van der Waals surface area contributed by atoms with Crippen molar-refractivity contribution in [1.29, 1.82) is 0 Å². The number of benzene rings is 2. The first-order chi connectivity index (χ1) is 15.6. The van der Waals surface area contributed by atoms with E-state index >= 15 is 0 Å². The molecule has 5 nitrogen and oxygen atoms in total. The van der Waals surface area contributed by atoms with Crippen LogP contribution in [0.1, 0.15) is 39.5 Å². The summed E-state index contributed by atoms with van der Waals surface area (Å²) < 4.78 is 0. The minimum absolute atomic E-state index is 0.0574. The van der Waals surface area contributed by atoms with E-state index in [0.717, 1.165) is 47.9 Å². The lowest BCUT2D eigenvalue weighted by Gasteiger charge is -2.21. The summed E-state index contributed by atoms with van der Waals surface area (Å²) in [6.07, 6.45) is 5.18. The molecule has 5 rings (SSSR count). The van der Waals surface area contributed by atoms with Gasteiger partial charge in [0.2, 0.25) is 0 Å². The van der Waals surface area contributed by atoms with Crippen molar-refractivity contribution >= 4 is 39.7 Å². The van der Waals surface area contributed by atoms with Gasteiger partial charge < -0.3 is 10.3 Å². The normalized spacial score (nSPS) is 13.7. The molecule has 0 atom stereocenters. The fourth-order valence-electron chi connectivity index (χ4n) is 3.85. The maximum absolute atomic E-state index is 12.3. The Kier molecular flexibility index (Phi) is 6.26. The monoisotopic (exact) mass is 464 g/mol. The molecule has 2 aromatic carbocycles. The van der Waals surface area contributed by atoms with Crippen molar-refractivity contribution in [2.75, 3.05) is 6.54 Å². The number of halogens is 1. The zero-order valence-corrected chi connectivity index (χ0v) is 19.3. The molecular formula is C25H25ClN4OS. The lowest BCUT2D eigenvalue weighted by Crippen LogP contribution is -2.27. The highest BCUT2D eigenvalue weighted by atomic mass is 35.5.